The van der Waals surface area contributed by atoms with Gasteiger partial charge in [-0.15, -0.1) is 0 Å². The largest absolute Gasteiger partial charge is 0.309 e. The van der Waals surface area contributed by atoms with Crippen LogP contribution >= 0.6 is 0 Å². The maximum Gasteiger partial charge on any atom is 0.0540 e. The van der Waals surface area contributed by atoms with Crippen LogP contribution in [-0.2, 0) is 0 Å². The van der Waals surface area contributed by atoms with Crippen molar-refractivity contribution in [2.24, 2.45) is 0 Å². The van der Waals surface area contributed by atoms with Gasteiger partial charge in [0, 0.05) is 22.4 Å². The van der Waals surface area contributed by atoms with E-state index in [4.69, 9.17) is 0 Å². The molecule has 1 nitrogen and oxygen atoms in total. The molecule has 0 fully saturated rings. The summed E-state index contributed by atoms with van der Waals surface area (Å²) in [5.74, 6) is 0.0774. The summed E-state index contributed by atoms with van der Waals surface area (Å²) < 4.78 is 0. The molecule has 0 radical (unpaired) electrons. The first-order chi connectivity index (χ1) is 26.8. The summed E-state index contributed by atoms with van der Waals surface area (Å²) in [6.45, 7) is 0. The van der Waals surface area contributed by atoms with E-state index in [2.05, 4.69) is 223 Å². The zero-order chi connectivity index (χ0) is 35.8. The molecule has 0 N–H and O–H groups in total. The number of fused-ring (bicyclic) bond motifs is 4. The fourth-order valence-corrected chi connectivity index (χ4v) is 8.42. The van der Waals surface area contributed by atoms with Crippen molar-refractivity contribution < 1.29 is 0 Å². The highest BCUT2D eigenvalue weighted by Crippen LogP contribution is 2.43. The predicted molar refractivity (Wildman–Crippen MR) is 230 cm³/mol. The molecule has 0 heterocycles. The first-order valence-electron chi connectivity index (χ1n) is 18.7. The molecule has 0 aliphatic heterocycles. The van der Waals surface area contributed by atoms with Crippen molar-refractivity contribution in [1.29, 1.82) is 0 Å². The van der Waals surface area contributed by atoms with Crippen molar-refractivity contribution >= 4 is 60.2 Å². The topological polar surface area (TPSA) is 3.24 Å². The van der Waals surface area contributed by atoms with Crippen LogP contribution in [0.15, 0.2) is 218 Å². The van der Waals surface area contributed by atoms with Crippen LogP contribution in [0.2, 0.25) is 0 Å². The molecule has 254 valence electrons. The molecule has 54 heavy (non-hydrogen) atoms. The highest BCUT2D eigenvalue weighted by molar-refractivity contribution is 6.04. The van der Waals surface area contributed by atoms with Crippen molar-refractivity contribution in [1.82, 2.24) is 0 Å². The van der Waals surface area contributed by atoms with E-state index < -0.39 is 0 Å². The van der Waals surface area contributed by atoms with Crippen LogP contribution in [0.4, 0.5) is 17.1 Å². The van der Waals surface area contributed by atoms with Crippen molar-refractivity contribution in [3.8, 4) is 11.1 Å². The van der Waals surface area contributed by atoms with Gasteiger partial charge >= 0.3 is 0 Å². The Morgan fingerprint density at radius 2 is 0.630 bits per heavy atom. The smallest absolute Gasteiger partial charge is 0.0540 e. The van der Waals surface area contributed by atoms with E-state index in [1.165, 1.54) is 70.9 Å². The van der Waals surface area contributed by atoms with Crippen molar-refractivity contribution in [3.63, 3.8) is 0 Å². The second kappa shape index (κ2) is 13.5. The Morgan fingerprint density at radius 3 is 1.09 bits per heavy atom. The molecule has 0 aliphatic carbocycles. The Bertz CT molecular complexity index is 2560. The summed E-state index contributed by atoms with van der Waals surface area (Å²) in [5.41, 5.74) is 9.75. The van der Waals surface area contributed by atoms with Gasteiger partial charge in [-0.05, 0) is 84.4 Å². The van der Waals surface area contributed by atoms with Gasteiger partial charge in [0.15, 0.2) is 0 Å². The highest BCUT2D eigenvalue weighted by atomic mass is 15.1. The first-order valence-corrected chi connectivity index (χ1v) is 18.7. The van der Waals surface area contributed by atoms with E-state index in [9.17, 15) is 0 Å². The number of hydrogen-bond donors (Lipinski definition) is 0. The Balaban J connectivity index is 1.07. The summed E-state index contributed by atoms with van der Waals surface area (Å²) in [6, 6.07) is 79.8. The minimum atomic E-state index is 0.0774. The summed E-state index contributed by atoms with van der Waals surface area (Å²) in [5, 5.41) is 10.00. The molecule has 0 aromatic heterocycles. The SMILES string of the molecule is c1ccc2c(C(c3ccc(-c4ccc(N(c5cccc6ccccc56)c5cccc6ccccc56)cc4)cc3)c3cccc4ccccc34)cccc2c1. The van der Waals surface area contributed by atoms with Gasteiger partial charge < -0.3 is 4.90 Å². The molecule has 10 rings (SSSR count). The van der Waals surface area contributed by atoms with Gasteiger partial charge in [0.1, 0.15) is 0 Å². The lowest BCUT2D eigenvalue weighted by Crippen LogP contribution is -2.11. The van der Waals surface area contributed by atoms with Gasteiger partial charge in [-0.25, -0.2) is 0 Å². The lowest BCUT2D eigenvalue weighted by Gasteiger charge is -2.28. The van der Waals surface area contributed by atoms with Gasteiger partial charge in [-0.1, -0.05) is 194 Å². The molecular weight excluding hydrogens is 651 g/mol. The quantitative estimate of drug-likeness (QED) is 0.151. The van der Waals surface area contributed by atoms with E-state index in [-0.39, 0.29) is 5.92 Å². The second-order valence-corrected chi connectivity index (χ2v) is 14.1. The summed E-state index contributed by atoms with van der Waals surface area (Å²) in [7, 11) is 0. The van der Waals surface area contributed by atoms with Gasteiger partial charge in [-0.2, -0.15) is 0 Å². The molecule has 0 spiro atoms. The van der Waals surface area contributed by atoms with Crippen LogP contribution in [0, 0.1) is 0 Å². The molecule has 0 saturated heterocycles. The summed E-state index contributed by atoms with van der Waals surface area (Å²) in [6.07, 6.45) is 0. The number of nitrogens with zero attached hydrogens (tertiary/aromatic N) is 1. The first kappa shape index (κ1) is 31.7. The van der Waals surface area contributed by atoms with Gasteiger partial charge in [-0.3, -0.25) is 0 Å². The molecule has 0 amide bonds. The Kier molecular flexibility index (Phi) is 7.96. The third kappa shape index (κ3) is 5.59. The molecule has 1 heteroatoms. The third-order valence-corrected chi connectivity index (χ3v) is 11.0. The Hall–Kier alpha value is -6.96. The molecule has 0 saturated carbocycles. The Morgan fingerprint density at radius 1 is 0.278 bits per heavy atom. The number of anilines is 3. The third-order valence-electron chi connectivity index (χ3n) is 11.0. The lowest BCUT2D eigenvalue weighted by molar-refractivity contribution is 1.00. The molecular formula is C53H37N. The van der Waals surface area contributed by atoms with Crippen LogP contribution in [0.5, 0.6) is 0 Å². The standard InChI is InChI=1S/C53H37N/c1-5-21-45-39(13-1)17-9-25-49(45)53(50-26-10-18-40-14-2-6-22-46(40)50)43-31-29-37(30-32-43)38-33-35-44(36-34-38)54(51-27-11-19-41-15-3-7-23-47(41)51)52-28-12-20-42-16-4-8-24-48(42)52/h1-36,53H. The van der Waals surface area contributed by atoms with Crippen molar-refractivity contribution in [3.05, 3.63) is 235 Å². The zero-order valence-electron chi connectivity index (χ0n) is 29.8. The van der Waals surface area contributed by atoms with Crippen molar-refractivity contribution in [2.45, 2.75) is 5.92 Å². The minimum absolute atomic E-state index is 0.0774. The predicted octanol–water partition coefficient (Wildman–Crippen LogP) is 14.6. The van der Waals surface area contributed by atoms with Crippen molar-refractivity contribution in [2.75, 3.05) is 4.90 Å². The van der Waals surface area contributed by atoms with Crippen LogP contribution in [0.25, 0.3) is 54.2 Å². The van der Waals surface area contributed by atoms with Gasteiger partial charge in [0.2, 0.25) is 0 Å². The average molecular weight is 688 g/mol. The van der Waals surface area contributed by atoms with Gasteiger partial charge in [0.25, 0.3) is 0 Å². The molecule has 10 aromatic rings. The van der Waals surface area contributed by atoms with E-state index in [0.29, 0.717) is 0 Å². The van der Waals surface area contributed by atoms with E-state index in [1.807, 2.05) is 0 Å². The fourth-order valence-electron chi connectivity index (χ4n) is 8.42. The number of benzene rings is 10. The second-order valence-electron chi connectivity index (χ2n) is 14.1. The minimum Gasteiger partial charge on any atom is -0.309 e. The van der Waals surface area contributed by atoms with Crippen LogP contribution < -0.4 is 4.90 Å². The molecule has 0 atom stereocenters. The van der Waals surface area contributed by atoms with Gasteiger partial charge in [0.05, 0.1) is 11.4 Å². The highest BCUT2D eigenvalue weighted by Gasteiger charge is 2.22. The fraction of sp³-hybridized carbons (Fsp3) is 0.0189. The molecule has 0 aliphatic rings. The normalized spacial score (nSPS) is 11.5. The van der Waals surface area contributed by atoms with E-state index in [1.54, 1.807) is 0 Å². The number of rotatable bonds is 7. The lowest BCUT2D eigenvalue weighted by atomic mass is 9.80. The average Bonchev–Trinajstić information content (AvgIpc) is 3.25. The Labute approximate surface area is 316 Å². The van der Waals surface area contributed by atoms with E-state index in [0.717, 1.165) is 17.1 Å². The zero-order valence-corrected chi connectivity index (χ0v) is 29.8. The van der Waals surface area contributed by atoms with Crippen LogP contribution in [-0.4, -0.2) is 0 Å². The maximum absolute atomic E-state index is 2.41. The van der Waals surface area contributed by atoms with Crippen LogP contribution in [0.3, 0.4) is 0 Å². The summed E-state index contributed by atoms with van der Waals surface area (Å²) in [4.78, 5) is 2.41. The van der Waals surface area contributed by atoms with Crippen LogP contribution in [0.1, 0.15) is 22.6 Å². The van der Waals surface area contributed by atoms with E-state index >= 15 is 0 Å². The summed E-state index contributed by atoms with van der Waals surface area (Å²) >= 11 is 0. The molecule has 0 unspecified atom stereocenters. The number of hydrogen-bond acceptors (Lipinski definition) is 1. The maximum atomic E-state index is 2.41. The molecule has 0 bridgehead atoms. The monoisotopic (exact) mass is 687 g/mol. The molecule has 10 aromatic carbocycles.